The molecular formula is C18H33N. The summed E-state index contributed by atoms with van der Waals surface area (Å²) in [7, 11) is 0. The van der Waals surface area contributed by atoms with Crippen LogP contribution in [0.15, 0.2) is 22.9 Å². The smallest absolute Gasteiger partial charge is 0.0357 e. The Kier molecular flexibility index (Phi) is 5.70. The molecule has 0 aromatic carbocycles. The van der Waals surface area contributed by atoms with E-state index in [-0.39, 0.29) is 0 Å². The molecule has 1 aliphatic rings. The Balaban J connectivity index is 3.23. The summed E-state index contributed by atoms with van der Waals surface area (Å²) in [4.78, 5) is 2.61. The van der Waals surface area contributed by atoms with Crippen LogP contribution in [0.3, 0.4) is 0 Å². The van der Waals surface area contributed by atoms with E-state index in [2.05, 4.69) is 59.4 Å². The van der Waals surface area contributed by atoms with Gasteiger partial charge >= 0.3 is 0 Å². The van der Waals surface area contributed by atoms with Gasteiger partial charge in [-0.1, -0.05) is 32.4 Å². The average molecular weight is 263 g/mol. The maximum atomic E-state index is 2.61. The van der Waals surface area contributed by atoms with Gasteiger partial charge in [-0.15, -0.1) is 0 Å². The van der Waals surface area contributed by atoms with E-state index in [4.69, 9.17) is 0 Å². The van der Waals surface area contributed by atoms with E-state index >= 15 is 0 Å². The van der Waals surface area contributed by atoms with Crippen LogP contribution < -0.4 is 0 Å². The summed E-state index contributed by atoms with van der Waals surface area (Å²) in [5.41, 5.74) is 5.00. The van der Waals surface area contributed by atoms with E-state index < -0.39 is 0 Å². The molecule has 0 aromatic heterocycles. The Morgan fingerprint density at radius 1 is 1.26 bits per heavy atom. The second-order valence-corrected chi connectivity index (χ2v) is 6.91. The van der Waals surface area contributed by atoms with Gasteiger partial charge in [0.05, 0.1) is 0 Å². The zero-order valence-electron chi connectivity index (χ0n) is 14.1. The normalized spacial score (nSPS) is 31.0. The molecule has 1 rings (SSSR count). The Morgan fingerprint density at radius 2 is 1.89 bits per heavy atom. The number of rotatable bonds is 2. The molecule has 0 bridgehead atoms. The number of allylic oxidation sites excluding steroid dienone is 3. The third kappa shape index (κ3) is 4.12. The molecule has 0 aromatic rings. The van der Waals surface area contributed by atoms with E-state index in [1.807, 2.05) is 0 Å². The first-order valence-corrected chi connectivity index (χ1v) is 7.96. The zero-order chi connectivity index (χ0) is 14.6. The molecule has 1 unspecified atom stereocenters. The Bertz CT molecular complexity index is 360. The van der Waals surface area contributed by atoms with E-state index in [0.717, 1.165) is 13.0 Å². The molecule has 1 aliphatic heterocycles. The van der Waals surface area contributed by atoms with Crippen molar-refractivity contribution in [2.75, 3.05) is 6.54 Å². The van der Waals surface area contributed by atoms with Gasteiger partial charge in [-0.05, 0) is 64.4 Å². The van der Waals surface area contributed by atoms with E-state index in [1.54, 1.807) is 5.57 Å². The molecule has 19 heavy (non-hydrogen) atoms. The SMILES string of the molecule is CC/C=C1/C(C)=C(/C)CCC(C)(C)CC(C)N1CC. The molecule has 1 heterocycles. The lowest BCUT2D eigenvalue weighted by molar-refractivity contribution is 0.191. The fraction of sp³-hybridized carbons (Fsp3) is 0.778. The van der Waals surface area contributed by atoms with Crippen molar-refractivity contribution in [3.8, 4) is 0 Å². The predicted molar refractivity (Wildman–Crippen MR) is 86.2 cm³/mol. The molecule has 0 amide bonds. The van der Waals surface area contributed by atoms with Gasteiger partial charge in [0.2, 0.25) is 0 Å². The van der Waals surface area contributed by atoms with Crippen LogP contribution in [0.25, 0.3) is 0 Å². The Labute approximate surface area is 120 Å². The van der Waals surface area contributed by atoms with Crippen LogP contribution in [0.2, 0.25) is 0 Å². The maximum absolute atomic E-state index is 2.61. The number of hydrogen-bond acceptors (Lipinski definition) is 1. The van der Waals surface area contributed by atoms with Crippen molar-refractivity contribution in [2.45, 2.75) is 80.2 Å². The van der Waals surface area contributed by atoms with Crippen LogP contribution in [0.1, 0.15) is 74.1 Å². The second kappa shape index (κ2) is 6.63. The minimum absolute atomic E-state index is 0.441. The van der Waals surface area contributed by atoms with Crippen molar-refractivity contribution in [2.24, 2.45) is 5.41 Å². The van der Waals surface area contributed by atoms with Crippen molar-refractivity contribution in [3.05, 3.63) is 22.9 Å². The molecule has 0 fully saturated rings. The van der Waals surface area contributed by atoms with E-state index in [9.17, 15) is 0 Å². The van der Waals surface area contributed by atoms with Crippen molar-refractivity contribution < 1.29 is 0 Å². The highest BCUT2D eigenvalue weighted by Gasteiger charge is 2.27. The average Bonchev–Trinajstić information content (AvgIpc) is 2.36. The first kappa shape index (κ1) is 16.3. The first-order chi connectivity index (χ1) is 8.82. The minimum Gasteiger partial charge on any atom is -0.369 e. The fourth-order valence-corrected chi connectivity index (χ4v) is 3.34. The summed E-state index contributed by atoms with van der Waals surface area (Å²) in [5, 5.41) is 0. The van der Waals surface area contributed by atoms with Crippen molar-refractivity contribution >= 4 is 0 Å². The summed E-state index contributed by atoms with van der Waals surface area (Å²) < 4.78 is 0. The van der Waals surface area contributed by atoms with Gasteiger partial charge in [-0.25, -0.2) is 0 Å². The molecule has 0 radical (unpaired) electrons. The topological polar surface area (TPSA) is 3.24 Å². The molecular weight excluding hydrogens is 230 g/mol. The third-order valence-electron chi connectivity index (χ3n) is 4.63. The molecule has 0 saturated carbocycles. The number of nitrogens with zero attached hydrogens (tertiary/aromatic N) is 1. The minimum atomic E-state index is 0.441. The lowest BCUT2D eigenvalue weighted by atomic mass is 9.81. The fourth-order valence-electron chi connectivity index (χ4n) is 3.34. The first-order valence-electron chi connectivity index (χ1n) is 7.96. The quantitative estimate of drug-likeness (QED) is 0.632. The molecule has 0 saturated heterocycles. The summed E-state index contributed by atoms with van der Waals surface area (Å²) in [5.74, 6) is 0. The molecule has 1 nitrogen and oxygen atoms in total. The molecule has 1 heteroatoms. The third-order valence-corrected chi connectivity index (χ3v) is 4.63. The van der Waals surface area contributed by atoms with Crippen LogP contribution >= 0.6 is 0 Å². The summed E-state index contributed by atoms with van der Waals surface area (Å²) in [6, 6.07) is 0.624. The standard InChI is InChI=1S/C18H33N/c1-8-10-17-16(5)14(3)11-12-18(6,7)13-15(4)19(17)9-2/h10,15H,8-9,11-13H2,1-7H3/b16-14-,17-10-. The van der Waals surface area contributed by atoms with Gasteiger partial charge in [0.1, 0.15) is 0 Å². The second-order valence-electron chi connectivity index (χ2n) is 6.91. The van der Waals surface area contributed by atoms with Crippen LogP contribution in [0.5, 0.6) is 0 Å². The zero-order valence-corrected chi connectivity index (χ0v) is 14.1. The van der Waals surface area contributed by atoms with Gasteiger partial charge in [0.25, 0.3) is 0 Å². The van der Waals surface area contributed by atoms with Gasteiger partial charge in [0.15, 0.2) is 0 Å². The highest BCUT2D eigenvalue weighted by atomic mass is 15.2. The number of likely N-dealkylation sites (N-methyl/N-ethyl adjacent to an activating group) is 1. The molecule has 0 spiro atoms. The van der Waals surface area contributed by atoms with Gasteiger partial charge in [0, 0.05) is 18.3 Å². The van der Waals surface area contributed by atoms with E-state index in [1.165, 1.54) is 30.5 Å². The summed E-state index contributed by atoms with van der Waals surface area (Å²) >= 11 is 0. The van der Waals surface area contributed by atoms with Gasteiger partial charge < -0.3 is 4.90 Å². The van der Waals surface area contributed by atoms with Gasteiger partial charge in [-0.3, -0.25) is 0 Å². The van der Waals surface area contributed by atoms with Crippen LogP contribution in [0, 0.1) is 5.41 Å². The van der Waals surface area contributed by atoms with Crippen molar-refractivity contribution in [3.63, 3.8) is 0 Å². The maximum Gasteiger partial charge on any atom is 0.0357 e. The van der Waals surface area contributed by atoms with Crippen molar-refractivity contribution in [1.82, 2.24) is 4.90 Å². The lowest BCUT2D eigenvalue weighted by Gasteiger charge is -2.36. The predicted octanol–water partition coefficient (Wildman–Crippen LogP) is 5.54. The molecule has 0 aliphatic carbocycles. The number of hydrogen-bond donors (Lipinski definition) is 0. The Morgan fingerprint density at radius 3 is 2.42 bits per heavy atom. The monoisotopic (exact) mass is 263 g/mol. The van der Waals surface area contributed by atoms with Crippen LogP contribution in [0.4, 0.5) is 0 Å². The lowest BCUT2D eigenvalue weighted by Crippen LogP contribution is -2.35. The molecule has 0 N–H and O–H groups in total. The van der Waals surface area contributed by atoms with Crippen LogP contribution in [-0.2, 0) is 0 Å². The highest BCUT2D eigenvalue weighted by Crippen LogP contribution is 2.36. The van der Waals surface area contributed by atoms with Crippen molar-refractivity contribution in [1.29, 1.82) is 0 Å². The van der Waals surface area contributed by atoms with Crippen LogP contribution in [-0.4, -0.2) is 17.5 Å². The molecule has 110 valence electrons. The summed E-state index contributed by atoms with van der Waals surface area (Å²) in [6.07, 6.45) is 7.35. The molecule has 1 atom stereocenters. The van der Waals surface area contributed by atoms with Gasteiger partial charge in [-0.2, -0.15) is 0 Å². The summed E-state index contributed by atoms with van der Waals surface area (Å²) in [6.45, 7) is 17.5. The Hall–Kier alpha value is -0.720. The largest absolute Gasteiger partial charge is 0.369 e. The van der Waals surface area contributed by atoms with E-state index in [0.29, 0.717) is 11.5 Å². The highest BCUT2D eigenvalue weighted by molar-refractivity contribution is 5.33.